The lowest BCUT2D eigenvalue weighted by Crippen LogP contribution is -2.15. The zero-order valence-corrected chi connectivity index (χ0v) is 14.8. The minimum absolute atomic E-state index is 0.152. The van der Waals surface area contributed by atoms with Gasteiger partial charge in [-0.2, -0.15) is 0 Å². The summed E-state index contributed by atoms with van der Waals surface area (Å²) in [4.78, 5) is 12.3. The van der Waals surface area contributed by atoms with E-state index in [0.717, 1.165) is 47.8 Å². The number of hydrogen-bond acceptors (Lipinski definition) is 3. The minimum Gasteiger partial charge on any atom is -0.484 e. The number of fused-ring (bicyclic) bond motifs is 3. The molecule has 1 heterocycles. The molecule has 0 spiro atoms. The summed E-state index contributed by atoms with van der Waals surface area (Å²) >= 11 is 6.47. The third kappa shape index (κ3) is 3.05. The van der Waals surface area contributed by atoms with E-state index in [1.54, 1.807) is 6.07 Å². The van der Waals surface area contributed by atoms with Gasteiger partial charge in [0.2, 0.25) is 0 Å². The van der Waals surface area contributed by atoms with Gasteiger partial charge in [0.25, 0.3) is 0 Å². The molecule has 25 heavy (non-hydrogen) atoms. The molecule has 0 unspecified atom stereocenters. The van der Waals surface area contributed by atoms with Crippen molar-refractivity contribution < 1.29 is 9.15 Å². The van der Waals surface area contributed by atoms with Crippen molar-refractivity contribution in [1.29, 1.82) is 0 Å². The second-order valence-corrected chi connectivity index (χ2v) is 6.91. The summed E-state index contributed by atoms with van der Waals surface area (Å²) in [6.07, 6.45) is 3.66. The van der Waals surface area contributed by atoms with Crippen LogP contribution in [-0.4, -0.2) is 0 Å². The molecule has 0 saturated carbocycles. The molecule has 1 aromatic heterocycles. The SMILES string of the molecule is C[C@@H](Oc1cc2oc(=O)c3c(c2cc1Cl)CCCC3)c1ccccc1. The zero-order valence-electron chi connectivity index (χ0n) is 14.0. The third-order valence-corrected chi connectivity index (χ3v) is 5.14. The molecule has 0 amide bonds. The largest absolute Gasteiger partial charge is 0.484 e. The summed E-state index contributed by atoms with van der Waals surface area (Å²) in [7, 11) is 0. The van der Waals surface area contributed by atoms with E-state index in [9.17, 15) is 4.79 Å². The fourth-order valence-corrected chi connectivity index (χ4v) is 3.73. The summed E-state index contributed by atoms with van der Waals surface area (Å²) in [6.45, 7) is 1.97. The smallest absolute Gasteiger partial charge is 0.339 e. The molecule has 4 heteroatoms. The maximum atomic E-state index is 12.3. The molecule has 3 nitrogen and oxygen atoms in total. The van der Waals surface area contributed by atoms with E-state index in [0.29, 0.717) is 16.4 Å². The first-order valence-corrected chi connectivity index (χ1v) is 9.01. The van der Waals surface area contributed by atoms with Crippen LogP contribution < -0.4 is 10.4 Å². The monoisotopic (exact) mass is 354 g/mol. The topological polar surface area (TPSA) is 39.4 Å². The first-order valence-electron chi connectivity index (χ1n) is 8.63. The molecule has 0 aliphatic heterocycles. The van der Waals surface area contributed by atoms with E-state index >= 15 is 0 Å². The zero-order chi connectivity index (χ0) is 17.4. The van der Waals surface area contributed by atoms with Gasteiger partial charge in [-0.15, -0.1) is 0 Å². The summed E-state index contributed by atoms with van der Waals surface area (Å²) in [6, 6.07) is 13.6. The van der Waals surface area contributed by atoms with Crippen molar-refractivity contribution in [2.75, 3.05) is 0 Å². The highest BCUT2D eigenvalue weighted by Gasteiger charge is 2.20. The Balaban J connectivity index is 1.76. The minimum atomic E-state index is -0.230. The van der Waals surface area contributed by atoms with Crippen molar-refractivity contribution >= 4 is 22.6 Å². The molecular formula is C21H19ClO3. The van der Waals surface area contributed by atoms with Crippen molar-refractivity contribution in [3.8, 4) is 5.75 Å². The Morgan fingerprint density at radius 3 is 2.56 bits per heavy atom. The molecule has 128 valence electrons. The van der Waals surface area contributed by atoms with E-state index in [1.165, 1.54) is 0 Å². The van der Waals surface area contributed by atoms with Gasteiger partial charge in [-0.1, -0.05) is 41.9 Å². The first-order chi connectivity index (χ1) is 12.1. The molecular weight excluding hydrogens is 336 g/mol. The highest BCUT2D eigenvalue weighted by molar-refractivity contribution is 6.32. The van der Waals surface area contributed by atoms with Crippen molar-refractivity contribution in [1.82, 2.24) is 0 Å². The van der Waals surface area contributed by atoms with Gasteiger partial charge in [0.15, 0.2) is 0 Å². The molecule has 1 atom stereocenters. The van der Waals surface area contributed by atoms with Gasteiger partial charge in [-0.25, -0.2) is 4.79 Å². The van der Waals surface area contributed by atoms with Crippen LogP contribution in [0.15, 0.2) is 51.7 Å². The number of hydrogen-bond donors (Lipinski definition) is 0. The Hall–Kier alpha value is -2.26. The molecule has 0 bridgehead atoms. The van der Waals surface area contributed by atoms with Crippen LogP contribution in [0, 0.1) is 0 Å². The van der Waals surface area contributed by atoms with E-state index in [1.807, 2.05) is 43.3 Å². The van der Waals surface area contributed by atoms with Crippen molar-refractivity contribution in [2.24, 2.45) is 0 Å². The number of aryl methyl sites for hydroxylation is 1. The van der Waals surface area contributed by atoms with Crippen LogP contribution in [0.4, 0.5) is 0 Å². The lowest BCUT2D eigenvalue weighted by atomic mass is 9.90. The molecule has 2 aromatic carbocycles. The second kappa shape index (κ2) is 6.57. The van der Waals surface area contributed by atoms with Crippen LogP contribution in [0.3, 0.4) is 0 Å². The summed E-state index contributed by atoms with van der Waals surface area (Å²) in [5, 5.41) is 1.47. The average Bonchev–Trinajstić information content (AvgIpc) is 2.64. The van der Waals surface area contributed by atoms with Gasteiger partial charge in [-0.3, -0.25) is 0 Å². The number of ether oxygens (including phenoxy) is 1. The van der Waals surface area contributed by atoms with E-state index in [-0.39, 0.29) is 11.7 Å². The van der Waals surface area contributed by atoms with Crippen molar-refractivity contribution in [2.45, 2.75) is 38.7 Å². The van der Waals surface area contributed by atoms with Gasteiger partial charge >= 0.3 is 5.63 Å². The Kier molecular flexibility index (Phi) is 4.26. The third-order valence-electron chi connectivity index (χ3n) is 4.85. The molecule has 4 rings (SSSR count). The molecule has 3 aromatic rings. The van der Waals surface area contributed by atoms with Crippen LogP contribution >= 0.6 is 11.6 Å². The standard InChI is InChI=1S/C21H19ClO3/c1-13(14-7-3-2-4-8-14)24-20-12-19-17(11-18(20)22)15-9-5-6-10-16(15)21(23)25-19/h2-4,7-8,11-13H,5-6,9-10H2,1H3/t13-/m1/s1. The van der Waals surface area contributed by atoms with Crippen LogP contribution in [0.5, 0.6) is 5.75 Å². The molecule has 0 radical (unpaired) electrons. The number of halogens is 1. The van der Waals surface area contributed by atoms with Crippen LogP contribution in [-0.2, 0) is 12.8 Å². The van der Waals surface area contributed by atoms with Crippen LogP contribution in [0.25, 0.3) is 11.0 Å². The number of benzene rings is 2. The first kappa shape index (κ1) is 16.2. The highest BCUT2D eigenvalue weighted by Crippen LogP contribution is 2.36. The molecule has 1 aliphatic rings. The Bertz CT molecular complexity index is 976. The average molecular weight is 355 g/mol. The number of rotatable bonds is 3. The Labute approximate surface area is 151 Å². The maximum absolute atomic E-state index is 12.3. The van der Waals surface area contributed by atoms with Gasteiger partial charge in [0.1, 0.15) is 17.4 Å². The lowest BCUT2D eigenvalue weighted by molar-refractivity contribution is 0.227. The second-order valence-electron chi connectivity index (χ2n) is 6.50. The Morgan fingerprint density at radius 1 is 1.08 bits per heavy atom. The van der Waals surface area contributed by atoms with Crippen molar-refractivity contribution in [3.63, 3.8) is 0 Å². The van der Waals surface area contributed by atoms with E-state index < -0.39 is 0 Å². The molecule has 1 aliphatic carbocycles. The van der Waals surface area contributed by atoms with Crippen molar-refractivity contribution in [3.05, 3.63) is 74.6 Å². The lowest BCUT2D eigenvalue weighted by Gasteiger charge is -2.19. The molecule has 0 saturated heterocycles. The van der Waals surface area contributed by atoms with E-state index in [4.69, 9.17) is 20.8 Å². The predicted molar refractivity (Wildman–Crippen MR) is 99.6 cm³/mol. The quantitative estimate of drug-likeness (QED) is 0.586. The molecule has 0 N–H and O–H groups in total. The van der Waals surface area contributed by atoms with Crippen LogP contribution in [0.2, 0.25) is 5.02 Å². The van der Waals surface area contributed by atoms with Gasteiger partial charge in [0, 0.05) is 17.0 Å². The summed E-state index contributed by atoms with van der Waals surface area (Å²) < 4.78 is 11.6. The summed E-state index contributed by atoms with van der Waals surface area (Å²) in [5.41, 5.74) is 3.27. The normalized spacial score (nSPS) is 15.0. The van der Waals surface area contributed by atoms with E-state index in [2.05, 4.69) is 0 Å². The highest BCUT2D eigenvalue weighted by atomic mass is 35.5. The van der Waals surface area contributed by atoms with Gasteiger partial charge in [-0.05, 0) is 49.8 Å². The maximum Gasteiger partial charge on any atom is 0.339 e. The van der Waals surface area contributed by atoms with Gasteiger partial charge in [0.05, 0.1) is 5.02 Å². The van der Waals surface area contributed by atoms with Gasteiger partial charge < -0.3 is 9.15 Å². The summed E-state index contributed by atoms with van der Waals surface area (Å²) in [5.74, 6) is 0.532. The Morgan fingerprint density at radius 2 is 1.80 bits per heavy atom. The predicted octanol–water partition coefficient (Wildman–Crippen LogP) is 5.47. The fraction of sp³-hybridized carbons (Fsp3) is 0.286. The van der Waals surface area contributed by atoms with Crippen LogP contribution in [0.1, 0.15) is 42.6 Å². The fourth-order valence-electron chi connectivity index (χ4n) is 3.52. The molecule has 0 fully saturated rings.